The van der Waals surface area contributed by atoms with Crippen LogP contribution in [0.25, 0.3) is 32.2 Å². The summed E-state index contributed by atoms with van der Waals surface area (Å²) in [5.41, 5.74) is 2.29. The minimum absolute atomic E-state index is 0.223. The molecule has 0 radical (unpaired) electrons. The molecule has 0 saturated carbocycles. The maximum Gasteiger partial charge on any atom is 0.128 e. The molecule has 4 aromatic rings. The zero-order valence-electron chi connectivity index (χ0n) is 14.8. The van der Waals surface area contributed by atoms with Gasteiger partial charge in [-0.05, 0) is 50.7 Å². The zero-order chi connectivity index (χ0) is 18.5. The molecule has 2 aromatic heterocycles. The first-order chi connectivity index (χ1) is 12.3. The summed E-state index contributed by atoms with van der Waals surface area (Å²) in [7, 11) is 0. The molecule has 0 saturated heterocycles. The van der Waals surface area contributed by atoms with Gasteiger partial charge in [-0.3, -0.25) is 0 Å². The van der Waals surface area contributed by atoms with E-state index in [2.05, 4.69) is 99.0 Å². The number of aromatic nitrogens is 2. The van der Waals surface area contributed by atoms with Crippen LogP contribution in [0.1, 0.15) is 25.6 Å². The van der Waals surface area contributed by atoms with Gasteiger partial charge < -0.3 is 0 Å². The summed E-state index contributed by atoms with van der Waals surface area (Å²) in [6.45, 7) is 6.78. The standard InChI is InChI=1S/C21H18Br2N2S/c1-21(2,3)10-16-18(23)17-19(24-11-25-20(17)26-16)14-8-12-6-4-5-7-13(12)9-15(14)22/h4-9,11H,10H2,1-3H3. The van der Waals surface area contributed by atoms with Crippen LogP contribution >= 0.6 is 43.2 Å². The van der Waals surface area contributed by atoms with Crippen LogP contribution in [0.3, 0.4) is 0 Å². The van der Waals surface area contributed by atoms with E-state index < -0.39 is 0 Å². The summed E-state index contributed by atoms with van der Waals surface area (Å²) < 4.78 is 2.18. The van der Waals surface area contributed by atoms with Gasteiger partial charge in [0.1, 0.15) is 11.2 Å². The first kappa shape index (κ1) is 18.1. The second kappa shape index (κ2) is 6.70. The van der Waals surface area contributed by atoms with E-state index in [0.717, 1.165) is 36.8 Å². The lowest BCUT2D eigenvalue weighted by molar-refractivity contribution is 0.414. The maximum absolute atomic E-state index is 4.65. The minimum Gasteiger partial charge on any atom is -0.236 e. The lowest BCUT2D eigenvalue weighted by atomic mass is 9.91. The molecule has 0 atom stereocenters. The summed E-state index contributed by atoms with van der Waals surface area (Å²) in [5, 5.41) is 3.53. The van der Waals surface area contributed by atoms with E-state index >= 15 is 0 Å². The van der Waals surface area contributed by atoms with E-state index in [0.29, 0.717) is 0 Å². The van der Waals surface area contributed by atoms with Gasteiger partial charge in [0.25, 0.3) is 0 Å². The van der Waals surface area contributed by atoms with Crippen molar-refractivity contribution in [2.24, 2.45) is 5.41 Å². The fraction of sp³-hybridized carbons (Fsp3) is 0.238. The van der Waals surface area contributed by atoms with Crippen LogP contribution < -0.4 is 0 Å². The van der Waals surface area contributed by atoms with Crippen LogP contribution in [-0.4, -0.2) is 9.97 Å². The van der Waals surface area contributed by atoms with Crippen molar-refractivity contribution in [3.8, 4) is 11.3 Å². The van der Waals surface area contributed by atoms with Crippen molar-refractivity contribution in [3.63, 3.8) is 0 Å². The monoisotopic (exact) mass is 488 g/mol. The van der Waals surface area contributed by atoms with E-state index in [4.69, 9.17) is 0 Å². The molecule has 26 heavy (non-hydrogen) atoms. The number of thiophene rings is 1. The molecule has 5 heteroatoms. The number of fused-ring (bicyclic) bond motifs is 2. The van der Waals surface area contributed by atoms with Crippen molar-refractivity contribution in [2.75, 3.05) is 0 Å². The molecule has 0 bridgehead atoms. The van der Waals surface area contributed by atoms with E-state index in [-0.39, 0.29) is 5.41 Å². The topological polar surface area (TPSA) is 25.8 Å². The van der Waals surface area contributed by atoms with E-state index in [1.54, 1.807) is 17.7 Å². The highest BCUT2D eigenvalue weighted by molar-refractivity contribution is 9.11. The number of hydrogen-bond donors (Lipinski definition) is 0. The highest BCUT2D eigenvalue weighted by Gasteiger charge is 2.21. The first-order valence-corrected chi connectivity index (χ1v) is 10.8. The number of halogens is 2. The quantitative estimate of drug-likeness (QED) is 0.289. The van der Waals surface area contributed by atoms with Gasteiger partial charge in [0.05, 0.1) is 11.1 Å². The van der Waals surface area contributed by atoms with Crippen LogP contribution in [-0.2, 0) is 6.42 Å². The number of rotatable bonds is 2. The van der Waals surface area contributed by atoms with Gasteiger partial charge in [0.15, 0.2) is 0 Å². The predicted octanol–water partition coefficient (Wildman–Crippen LogP) is 7.63. The largest absolute Gasteiger partial charge is 0.236 e. The third kappa shape index (κ3) is 3.32. The van der Waals surface area contributed by atoms with Gasteiger partial charge >= 0.3 is 0 Å². The molecule has 2 aromatic carbocycles. The number of benzene rings is 2. The Morgan fingerprint density at radius 1 is 1.00 bits per heavy atom. The van der Waals surface area contributed by atoms with Gasteiger partial charge in [0.2, 0.25) is 0 Å². The SMILES string of the molecule is CC(C)(C)Cc1sc2ncnc(-c3cc4ccccc4cc3Br)c2c1Br. The molecule has 0 aliphatic heterocycles. The third-order valence-corrected chi connectivity index (χ3v) is 7.17. The summed E-state index contributed by atoms with van der Waals surface area (Å²) in [4.78, 5) is 11.5. The minimum atomic E-state index is 0.223. The average molecular weight is 490 g/mol. The molecule has 0 amide bonds. The summed E-state index contributed by atoms with van der Waals surface area (Å²) >= 11 is 9.35. The van der Waals surface area contributed by atoms with Crippen molar-refractivity contribution in [1.82, 2.24) is 9.97 Å². The van der Waals surface area contributed by atoms with E-state index in [1.165, 1.54) is 15.6 Å². The molecule has 0 unspecified atom stereocenters. The van der Waals surface area contributed by atoms with Gasteiger partial charge in [-0.2, -0.15) is 0 Å². The molecular weight excluding hydrogens is 472 g/mol. The van der Waals surface area contributed by atoms with E-state index in [1.807, 2.05) is 0 Å². The second-order valence-electron chi connectivity index (χ2n) is 7.66. The molecule has 0 aliphatic carbocycles. The van der Waals surface area contributed by atoms with Crippen LogP contribution in [0.4, 0.5) is 0 Å². The molecule has 0 aliphatic rings. The Bertz CT molecular complexity index is 1130. The van der Waals surface area contributed by atoms with Crippen LogP contribution in [0, 0.1) is 5.41 Å². The smallest absolute Gasteiger partial charge is 0.128 e. The summed E-state index contributed by atoms with van der Waals surface area (Å²) in [6, 6.07) is 12.8. The van der Waals surface area contributed by atoms with Gasteiger partial charge in [0, 0.05) is 19.4 Å². The Labute approximate surface area is 173 Å². The van der Waals surface area contributed by atoms with E-state index in [9.17, 15) is 0 Å². The van der Waals surface area contributed by atoms with Gasteiger partial charge in [-0.25, -0.2) is 9.97 Å². The summed E-state index contributed by atoms with van der Waals surface area (Å²) in [5.74, 6) is 0. The molecular formula is C21H18Br2N2S. The fourth-order valence-corrected chi connectivity index (χ4v) is 5.91. The fourth-order valence-electron chi connectivity index (χ4n) is 3.14. The van der Waals surface area contributed by atoms with Gasteiger partial charge in [-0.1, -0.05) is 61.0 Å². The molecule has 4 rings (SSSR count). The lowest BCUT2D eigenvalue weighted by Crippen LogP contribution is -2.08. The van der Waals surface area contributed by atoms with Crippen LogP contribution in [0.5, 0.6) is 0 Å². The maximum atomic E-state index is 4.65. The normalized spacial score (nSPS) is 12.2. The van der Waals surface area contributed by atoms with Crippen molar-refractivity contribution in [3.05, 3.63) is 56.5 Å². The van der Waals surface area contributed by atoms with Crippen molar-refractivity contribution in [1.29, 1.82) is 0 Å². The van der Waals surface area contributed by atoms with Crippen molar-refractivity contribution >= 4 is 64.2 Å². The second-order valence-corrected chi connectivity index (χ2v) is 10.4. The van der Waals surface area contributed by atoms with Crippen molar-refractivity contribution in [2.45, 2.75) is 27.2 Å². The Morgan fingerprint density at radius 3 is 2.38 bits per heavy atom. The van der Waals surface area contributed by atoms with Crippen LogP contribution in [0.15, 0.2) is 51.7 Å². The Balaban J connectivity index is 1.96. The highest BCUT2D eigenvalue weighted by Crippen LogP contribution is 2.43. The van der Waals surface area contributed by atoms with Gasteiger partial charge in [-0.15, -0.1) is 11.3 Å². The lowest BCUT2D eigenvalue weighted by Gasteiger charge is -2.16. The Kier molecular flexibility index (Phi) is 4.66. The first-order valence-electron chi connectivity index (χ1n) is 8.44. The predicted molar refractivity (Wildman–Crippen MR) is 119 cm³/mol. The molecule has 132 valence electrons. The highest BCUT2D eigenvalue weighted by atomic mass is 79.9. The molecule has 0 N–H and O–H groups in total. The molecule has 2 heterocycles. The van der Waals surface area contributed by atoms with Crippen molar-refractivity contribution < 1.29 is 0 Å². The third-order valence-electron chi connectivity index (χ3n) is 4.28. The Hall–Kier alpha value is -1.30. The summed E-state index contributed by atoms with van der Waals surface area (Å²) in [6.07, 6.45) is 2.68. The number of hydrogen-bond acceptors (Lipinski definition) is 3. The zero-order valence-corrected chi connectivity index (χ0v) is 18.8. The Morgan fingerprint density at radius 2 is 1.69 bits per heavy atom. The average Bonchev–Trinajstić information content (AvgIpc) is 2.88. The number of nitrogens with zero attached hydrogens (tertiary/aromatic N) is 2. The molecule has 0 fully saturated rings. The molecule has 2 nitrogen and oxygen atoms in total. The van der Waals surface area contributed by atoms with Crippen LogP contribution in [0.2, 0.25) is 0 Å². The molecule has 0 spiro atoms.